The van der Waals surface area contributed by atoms with Crippen molar-refractivity contribution in [1.82, 2.24) is 19.4 Å². The average Bonchev–Trinajstić information content (AvgIpc) is 3.20. The maximum absolute atomic E-state index is 12.9. The van der Waals surface area contributed by atoms with Crippen LogP contribution in [-0.2, 0) is 4.74 Å². The van der Waals surface area contributed by atoms with Crippen LogP contribution in [0, 0.1) is 5.41 Å². The van der Waals surface area contributed by atoms with Crippen LogP contribution in [-0.4, -0.2) is 65.4 Å². The van der Waals surface area contributed by atoms with E-state index in [1.165, 1.54) is 4.57 Å². The van der Waals surface area contributed by atoms with E-state index in [0.29, 0.717) is 44.3 Å². The largest absolute Gasteiger partial charge is 0.378 e. The molecule has 1 saturated heterocycles. The summed E-state index contributed by atoms with van der Waals surface area (Å²) >= 11 is 0. The molecule has 23 heavy (non-hydrogen) atoms. The second-order valence-corrected chi connectivity index (χ2v) is 5.50. The molecule has 0 radical (unpaired) electrons. The molecule has 0 unspecified atom stereocenters. The van der Waals surface area contributed by atoms with E-state index in [1.807, 2.05) is 24.3 Å². The van der Waals surface area contributed by atoms with Crippen molar-refractivity contribution in [3.05, 3.63) is 29.9 Å². The summed E-state index contributed by atoms with van der Waals surface area (Å²) in [6.45, 7) is 3.59. The first-order valence-electron chi connectivity index (χ1n) is 7.70. The van der Waals surface area contributed by atoms with Crippen LogP contribution in [0.4, 0.5) is 4.79 Å². The van der Waals surface area contributed by atoms with E-state index in [2.05, 4.69) is 10.3 Å². The fraction of sp³-hybridized carbons (Fsp3) is 0.400. The molecule has 3 heterocycles. The number of imidazole rings is 1. The Labute approximate surface area is 132 Å². The van der Waals surface area contributed by atoms with Gasteiger partial charge in [-0.1, -0.05) is 12.1 Å². The predicted octanol–water partition coefficient (Wildman–Crippen LogP) is 0.0299. The molecule has 4 rings (SSSR count). The van der Waals surface area contributed by atoms with Gasteiger partial charge in [0.25, 0.3) is 0 Å². The highest BCUT2D eigenvalue weighted by Crippen LogP contribution is 2.14. The minimum atomic E-state index is -0.188. The van der Waals surface area contributed by atoms with E-state index in [-0.39, 0.29) is 11.6 Å². The van der Waals surface area contributed by atoms with Gasteiger partial charge >= 0.3 is 6.03 Å². The third-order valence-corrected chi connectivity index (χ3v) is 4.13. The van der Waals surface area contributed by atoms with Crippen LogP contribution in [0.15, 0.2) is 29.3 Å². The van der Waals surface area contributed by atoms with Gasteiger partial charge in [0, 0.05) is 19.6 Å². The van der Waals surface area contributed by atoms with Gasteiger partial charge in [0.15, 0.2) is 0 Å². The summed E-state index contributed by atoms with van der Waals surface area (Å²) in [5.74, 6) is 0.625. The first-order chi connectivity index (χ1) is 11.3. The standard InChI is InChI=1S/C15H18N6O2/c16-13-20(14-17-5-6-18-14)11-3-1-2-4-12(11)21(13)15(22)19-7-9-23-10-8-19/h1-4,16H,5-10H2,(H,17,18). The summed E-state index contributed by atoms with van der Waals surface area (Å²) in [6, 6.07) is 7.35. The van der Waals surface area contributed by atoms with Crippen molar-refractivity contribution in [2.45, 2.75) is 0 Å². The SMILES string of the molecule is N=c1n(C(=O)N2CCOCC2)c2ccccc2n1C1=NCCN1. The lowest BCUT2D eigenvalue weighted by Crippen LogP contribution is -2.46. The molecule has 2 aromatic rings. The lowest BCUT2D eigenvalue weighted by atomic mass is 10.3. The molecule has 0 spiro atoms. The minimum Gasteiger partial charge on any atom is -0.378 e. The van der Waals surface area contributed by atoms with Crippen LogP contribution in [0.5, 0.6) is 0 Å². The normalized spacial score (nSPS) is 18.1. The minimum absolute atomic E-state index is 0.107. The molecule has 0 bridgehead atoms. The van der Waals surface area contributed by atoms with Crippen LogP contribution in [0.2, 0.25) is 0 Å². The van der Waals surface area contributed by atoms with Crippen molar-refractivity contribution in [3.8, 4) is 0 Å². The van der Waals surface area contributed by atoms with Crippen LogP contribution in [0.25, 0.3) is 11.0 Å². The van der Waals surface area contributed by atoms with E-state index >= 15 is 0 Å². The van der Waals surface area contributed by atoms with Crippen LogP contribution >= 0.6 is 0 Å². The lowest BCUT2D eigenvalue weighted by molar-refractivity contribution is 0.0535. The Kier molecular flexibility index (Phi) is 3.38. The molecule has 8 heteroatoms. The molecule has 0 aliphatic carbocycles. The second kappa shape index (κ2) is 5.54. The summed E-state index contributed by atoms with van der Waals surface area (Å²) in [5.41, 5.74) is 1.62. The van der Waals surface area contributed by atoms with Gasteiger partial charge in [-0.3, -0.25) is 10.4 Å². The number of aliphatic imine (C=N–C) groups is 1. The van der Waals surface area contributed by atoms with Crippen LogP contribution in [0.3, 0.4) is 0 Å². The number of nitrogens with zero attached hydrogens (tertiary/aromatic N) is 4. The Morgan fingerprint density at radius 2 is 1.96 bits per heavy atom. The van der Waals surface area contributed by atoms with Gasteiger partial charge < -0.3 is 15.0 Å². The molecule has 1 aromatic heterocycles. The quantitative estimate of drug-likeness (QED) is 0.719. The smallest absolute Gasteiger partial charge is 0.331 e. The van der Waals surface area contributed by atoms with Crippen molar-refractivity contribution in [1.29, 1.82) is 5.41 Å². The van der Waals surface area contributed by atoms with Crippen LogP contribution < -0.4 is 10.9 Å². The lowest BCUT2D eigenvalue weighted by Gasteiger charge is -2.26. The number of aromatic nitrogens is 2. The van der Waals surface area contributed by atoms with E-state index in [9.17, 15) is 4.79 Å². The number of ether oxygens (including phenoxy) is 1. The molecule has 1 aromatic carbocycles. The van der Waals surface area contributed by atoms with Crippen molar-refractivity contribution in [3.63, 3.8) is 0 Å². The maximum atomic E-state index is 12.9. The van der Waals surface area contributed by atoms with Crippen molar-refractivity contribution in [2.75, 3.05) is 39.4 Å². The monoisotopic (exact) mass is 314 g/mol. The van der Waals surface area contributed by atoms with E-state index in [4.69, 9.17) is 10.1 Å². The third-order valence-electron chi connectivity index (χ3n) is 4.13. The number of carbonyl (C=O) groups is 1. The van der Waals surface area contributed by atoms with Crippen molar-refractivity contribution < 1.29 is 9.53 Å². The van der Waals surface area contributed by atoms with Gasteiger partial charge in [-0.2, -0.15) is 0 Å². The van der Waals surface area contributed by atoms with Gasteiger partial charge in [0.1, 0.15) is 0 Å². The molecular formula is C15H18N6O2. The zero-order chi connectivity index (χ0) is 15.8. The Morgan fingerprint density at radius 3 is 2.65 bits per heavy atom. The average molecular weight is 314 g/mol. The highest BCUT2D eigenvalue weighted by molar-refractivity contribution is 5.97. The Bertz CT molecular complexity index is 843. The predicted molar refractivity (Wildman–Crippen MR) is 84.7 cm³/mol. The highest BCUT2D eigenvalue weighted by atomic mass is 16.5. The molecule has 0 atom stereocenters. The van der Waals surface area contributed by atoms with Gasteiger partial charge in [-0.15, -0.1) is 0 Å². The zero-order valence-electron chi connectivity index (χ0n) is 12.7. The molecule has 2 aliphatic rings. The van der Waals surface area contributed by atoms with Gasteiger partial charge in [-0.05, 0) is 12.1 Å². The van der Waals surface area contributed by atoms with Gasteiger partial charge in [-0.25, -0.2) is 13.9 Å². The third kappa shape index (κ3) is 2.22. The molecule has 0 saturated carbocycles. The molecule has 1 fully saturated rings. The number of amides is 1. The Balaban J connectivity index is 1.88. The molecule has 120 valence electrons. The molecule has 2 aliphatic heterocycles. The van der Waals surface area contributed by atoms with E-state index in [1.54, 1.807) is 9.47 Å². The van der Waals surface area contributed by atoms with Crippen molar-refractivity contribution >= 4 is 23.0 Å². The molecule has 8 nitrogen and oxygen atoms in total. The van der Waals surface area contributed by atoms with Gasteiger partial charge in [0.05, 0.1) is 30.8 Å². The Hall–Kier alpha value is -2.61. The van der Waals surface area contributed by atoms with Crippen LogP contribution in [0.1, 0.15) is 0 Å². The summed E-state index contributed by atoms with van der Waals surface area (Å²) in [4.78, 5) is 19.0. The first kappa shape index (κ1) is 14.0. The molecule has 2 N–H and O–H groups in total. The summed E-state index contributed by atoms with van der Waals surface area (Å²) < 4.78 is 8.45. The topological polar surface area (TPSA) is 87.6 Å². The fourth-order valence-electron chi connectivity index (χ4n) is 3.01. The number of nitrogens with one attached hydrogen (secondary N) is 2. The number of benzene rings is 1. The summed E-state index contributed by atoms with van der Waals surface area (Å²) in [6.07, 6.45) is 0. The molecular weight excluding hydrogens is 296 g/mol. The Morgan fingerprint density at radius 1 is 1.22 bits per heavy atom. The van der Waals surface area contributed by atoms with E-state index < -0.39 is 0 Å². The number of hydrogen-bond donors (Lipinski definition) is 2. The number of para-hydroxylation sites is 2. The summed E-state index contributed by atoms with van der Waals surface area (Å²) in [5, 5.41) is 11.7. The maximum Gasteiger partial charge on any atom is 0.331 e. The van der Waals surface area contributed by atoms with Crippen molar-refractivity contribution in [2.24, 2.45) is 4.99 Å². The van der Waals surface area contributed by atoms with Gasteiger partial charge in [0.2, 0.25) is 11.6 Å². The number of morpholine rings is 1. The number of rotatable bonds is 0. The first-order valence-corrected chi connectivity index (χ1v) is 7.70. The van der Waals surface area contributed by atoms with E-state index in [0.717, 1.165) is 12.1 Å². The fourth-order valence-corrected chi connectivity index (χ4v) is 3.01. The highest BCUT2D eigenvalue weighted by Gasteiger charge is 2.24. The summed E-state index contributed by atoms with van der Waals surface area (Å²) in [7, 11) is 0. The molecule has 1 amide bonds. The number of carbonyl (C=O) groups excluding carboxylic acids is 1. The number of hydrogen-bond acceptors (Lipinski definition) is 5. The zero-order valence-corrected chi connectivity index (χ0v) is 12.7. The second-order valence-electron chi connectivity index (χ2n) is 5.50. The number of fused-ring (bicyclic) bond motifs is 1.